The second kappa shape index (κ2) is 6.68. The maximum atomic E-state index is 10.8. The molecule has 2 N–H and O–H groups in total. The van der Waals surface area contributed by atoms with Gasteiger partial charge in [-0.15, -0.1) is 0 Å². The topological polar surface area (TPSA) is 64.7 Å². The second-order valence-corrected chi connectivity index (χ2v) is 3.74. The first-order valence-corrected chi connectivity index (χ1v) is 5.71. The molecule has 0 aliphatic carbocycles. The molecule has 1 rings (SSSR count). The number of carbonyl (C=O) groups is 1. The Morgan fingerprint density at radius 1 is 1.35 bits per heavy atom. The van der Waals surface area contributed by atoms with Crippen LogP contribution in [-0.2, 0) is 4.79 Å². The number of ether oxygens (including phenoxy) is 1. The lowest BCUT2D eigenvalue weighted by Crippen LogP contribution is -2.14. The lowest BCUT2D eigenvalue weighted by molar-refractivity contribution is -0.115. The third-order valence-corrected chi connectivity index (χ3v) is 2.19. The Labute approximate surface area is 101 Å². The fraction of sp³-hybridized carbons (Fsp3) is 0.385. The highest BCUT2D eigenvalue weighted by Gasteiger charge is 2.00. The van der Waals surface area contributed by atoms with Gasteiger partial charge in [0.2, 0.25) is 5.91 Å². The lowest BCUT2D eigenvalue weighted by atomic mass is 10.2. The normalized spacial score (nSPS) is 11.3. The van der Waals surface area contributed by atoms with E-state index in [0.29, 0.717) is 6.61 Å². The van der Waals surface area contributed by atoms with Crippen LogP contribution < -0.4 is 10.5 Å². The Morgan fingerprint density at radius 3 is 2.53 bits per heavy atom. The molecule has 1 aromatic rings. The first-order chi connectivity index (χ1) is 8.13. The summed E-state index contributed by atoms with van der Waals surface area (Å²) in [6.45, 7) is 4.20. The molecule has 1 amide bonds. The van der Waals surface area contributed by atoms with E-state index < -0.39 is 0 Å². The van der Waals surface area contributed by atoms with Gasteiger partial charge in [0, 0.05) is 12.5 Å². The van der Waals surface area contributed by atoms with Gasteiger partial charge in [-0.3, -0.25) is 4.79 Å². The van der Waals surface area contributed by atoms with E-state index in [2.05, 4.69) is 11.9 Å². The third kappa shape index (κ3) is 4.68. The van der Waals surface area contributed by atoms with Crippen molar-refractivity contribution >= 4 is 11.7 Å². The summed E-state index contributed by atoms with van der Waals surface area (Å²) >= 11 is 0. The van der Waals surface area contributed by atoms with Crippen LogP contribution >= 0.6 is 0 Å². The van der Waals surface area contributed by atoms with Crippen molar-refractivity contribution in [2.75, 3.05) is 6.61 Å². The van der Waals surface area contributed by atoms with Gasteiger partial charge in [0.1, 0.15) is 11.6 Å². The fourth-order valence-corrected chi connectivity index (χ4v) is 1.29. The average Bonchev–Trinajstić information content (AvgIpc) is 2.29. The second-order valence-electron chi connectivity index (χ2n) is 3.74. The lowest BCUT2D eigenvalue weighted by Gasteiger charge is -2.06. The van der Waals surface area contributed by atoms with Gasteiger partial charge in [-0.05, 0) is 30.7 Å². The Kier molecular flexibility index (Phi) is 5.20. The predicted octanol–water partition coefficient (Wildman–Crippen LogP) is 2.12. The Hall–Kier alpha value is -1.84. The van der Waals surface area contributed by atoms with Crippen molar-refractivity contribution in [1.82, 2.24) is 0 Å². The molecule has 0 radical (unpaired) electrons. The summed E-state index contributed by atoms with van der Waals surface area (Å²) in [5, 5.41) is 0. The molecule has 4 nitrogen and oxygen atoms in total. The molecule has 0 aromatic heterocycles. The van der Waals surface area contributed by atoms with Crippen LogP contribution in [0.4, 0.5) is 0 Å². The van der Waals surface area contributed by atoms with E-state index in [9.17, 15) is 4.79 Å². The molecule has 4 heteroatoms. The highest BCUT2D eigenvalue weighted by atomic mass is 16.5. The number of amidine groups is 1. The van der Waals surface area contributed by atoms with E-state index in [1.807, 2.05) is 12.1 Å². The minimum absolute atomic E-state index is 0.234. The van der Waals surface area contributed by atoms with Crippen LogP contribution in [0.2, 0.25) is 0 Å². The maximum Gasteiger partial charge on any atom is 0.244 e. The van der Waals surface area contributed by atoms with Gasteiger partial charge in [0.15, 0.2) is 0 Å². The minimum atomic E-state index is -0.300. The van der Waals surface area contributed by atoms with Crippen molar-refractivity contribution in [3.8, 4) is 5.75 Å². The van der Waals surface area contributed by atoms with Gasteiger partial charge in [-0.25, -0.2) is 0 Å². The largest absolute Gasteiger partial charge is 0.494 e. The van der Waals surface area contributed by atoms with E-state index in [-0.39, 0.29) is 11.7 Å². The van der Waals surface area contributed by atoms with Crippen molar-refractivity contribution < 1.29 is 9.53 Å². The van der Waals surface area contributed by atoms with Crippen LogP contribution in [0.15, 0.2) is 29.3 Å². The van der Waals surface area contributed by atoms with Crippen LogP contribution in [-0.4, -0.2) is 18.3 Å². The van der Waals surface area contributed by atoms with E-state index in [4.69, 9.17) is 10.5 Å². The summed E-state index contributed by atoms with van der Waals surface area (Å²) in [5.74, 6) is 0.737. The molecular weight excluding hydrogens is 216 g/mol. The van der Waals surface area contributed by atoms with Gasteiger partial charge < -0.3 is 10.5 Å². The van der Waals surface area contributed by atoms with Crippen LogP contribution in [0.25, 0.3) is 0 Å². The number of benzene rings is 1. The smallest absolute Gasteiger partial charge is 0.244 e. The Balaban J connectivity index is 2.64. The number of hydrogen-bond acceptors (Lipinski definition) is 2. The highest BCUT2D eigenvalue weighted by Crippen LogP contribution is 2.12. The molecule has 0 bridgehead atoms. The molecule has 0 fully saturated rings. The quantitative estimate of drug-likeness (QED) is 0.482. The van der Waals surface area contributed by atoms with Gasteiger partial charge in [-0.1, -0.05) is 13.3 Å². The molecular formula is C13H18N2O2. The van der Waals surface area contributed by atoms with E-state index >= 15 is 0 Å². The molecule has 0 heterocycles. The molecule has 0 aliphatic rings. The number of hydrogen-bond donors (Lipinski definition) is 1. The molecule has 0 aliphatic heterocycles. The summed E-state index contributed by atoms with van der Waals surface area (Å²) in [6.07, 6.45) is 2.14. The Bertz CT molecular complexity index is 396. The van der Waals surface area contributed by atoms with E-state index in [0.717, 1.165) is 24.2 Å². The van der Waals surface area contributed by atoms with Crippen molar-refractivity contribution in [2.24, 2.45) is 10.7 Å². The first-order valence-electron chi connectivity index (χ1n) is 5.71. The number of nitrogens with zero attached hydrogens (tertiary/aromatic N) is 1. The average molecular weight is 234 g/mol. The summed E-state index contributed by atoms with van der Waals surface area (Å²) in [7, 11) is 0. The molecule has 0 spiro atoms. The van der Waals surface area contributed by atoms with Crippen LogP contribution in [0.1, 0.15) is 32.3 Å². The molecule has 0 atom stereocenters. The van der Waals surface area contributed by atoms with Gasteiger partial charge in [0.05, 0.1) is 6.61 Å². The summed E-state index contributed by atoms with van der Waals surface area (Å²) in [4.78, 5) is 14.4. The zero-order chi connectivity index (χ0) is 12.7. The maximum absolute atomic E-state index is 10.8. The van der Waals surface area contributed by atoms with Crippen molar-refractivity contribution in [3.63, 3.8) is 0 Å². The molecule has 0 saturated heterocycles. The zero-order valence-electron chi connectivity index (χ0n) is 10.3. The highest BCUT2D eigenvalue weighted by molar-refractivity contribution is 6.03. The van der Waals surface area contributed by atoms with Crippen LogP contribution in [0, 0.1) is 0 Å². The minimum Gasteiger partial charge on any atom is -0.494 e. The summed E-state index contributed by atoms with van der Waals surface area (Å²) in [6, 6.07) is 7.24. The van der Waals surface area contributed by atoms with Crippen molar-refractivity contribution in [3.05, 3.63) is 29.8 Å². The van der Waals surface area contributed by atoms with E-state index in [1.54, 1.807) is 12.1 Å². The standard InChI is InChI=1S/C13H18N2O2/c1-3-4-9-17-12-7-5-11(6-8-12)13(14)15-10(2)16/h5-8H,3-4,9H2,1-2H3,(H2,14,15,16). The zero-order valence-corrected chi connectivity index (χ0v) is 10.3. The van der Waals surface area contributed by atoms with Crippen molar-refractivity contribution in [1.29, 1.82) is 0 Å². The number of unbranched alkanes of at least 4 members (excludes halogenated alkanes) is 1. The molecule has 0 unspecified atom stereocenters. The number of nitrogens with two attached hydrogens (primary N) is 1. The van der Waals surface area contributed by atoms with Crippen LogP contribution in [0.3, 0.4) is 0 Å². The number of carbonyl (C=O) groups excluding carboxylic acids is 1. The molecule has 92 valence electrons. The number of rotatable bonds is 5. The van der Waals surface area contributed by atoms with Crippen LogP contribution in [0.5, 0.6) is 5.75 Å². The predicted molar refractivity (Wildman–Crippen MR) is 68.3 cm³/mol. The van der Waals surface area contributed by atoms with Gasteiger partial charge in [0.25, 0.3) is 0 Å². The number of amides is 1. The molecule has 0 saturated carbocycles. The van der Waals surface area contributed by atoms with E-state index in [1.165, 1.54) is 6.92 Å². The first kappa shape index (κ1) is 13.2. The summed E-state index contributed by atoms with van der Waals surface area (Å²) in [5.41, 5.74) is 6.38. The van der Waals surface area contributed by atoms with Gasteiger partial charge in [-0.2, -0.15) is 4.99 Å². The van der Waals surface area contributed by atoms with Crippen molar-refractivity contribution in [2.45, 2.75) is 26.7 Å². The summed E-state index contributed by atoms with van der Waals surface area (Å²) < 4.78 is 5.51. The Morgan fingerprint density at radius 2 is 2.00 bits per heavy atom. The molecule has 17 heavy (non-hydrogen) atoms. The molecule has 1 aromatic carbocycles. The number of aliphatic imine (C=N–C) groups is 1. The fourth-order valence-electron chi connectivity index (χ4n) is 1.29. The van der Waals surface area contributed by atoms with Gasteiger partial charge >= 0.3 is 0 Å². The third-order valence-electron chi connectivity index (χ3n) is 2.19. The monoisotopic (exact) mass is 234 g/mol. The SMILES string of the molecule is CCCCOc1ccc(C(N)=NC(C)=O)cc1.